The minimum Gasteiger partial charge on any atom is -0.497 e. The summed E-state index contributed by atoms with van der Waals surface area (Å²) < 4.78 is 10.4. The van der Waals surface area contributed by atoms with E-state index in [0.717, 1.165) is 11.3 Å². The minimum atomic E-state index is -0.151. The largest absolute Gasteiger partial charge is 0.497 e. The smallest absolute Gasteiger partial charge is 0.243 e. The van der Waals surface area contributed by atoms with Crippen LogP contribution in [0.25, 0.3) is 11.3 Å². The van der Waals surface area contributed by atoms with Gasteiger partial charge >= 0.3 is 0 Å². The van der Waals surface area contributed by atoms with Crippen LogP contribution in [0.4, 0.5) is 0 Å². The monoisotopic (exact) mass is 272 g/mol. The van der Waals surface area contributed by atoms with Gasteiger partial charge in [-0.15, -0.1) is 0 Å². The lowest BCUT2D eigenvalue weighted by molar-refractivity contribution is -0.116. The van der Waals surface area contributed by atoms with Gasteiger partial charge in [0.25, 0.3) is 0 Å². The van der Waals surface area contributed by atoms with Gasteiger partial charge in [0.2, 0.25) is 5.91 Å². The first kappa shape index (κ1) is 13.9. The van der Waals surface area contributed by atoms with E-state index in [2.05, 4.69) is 10.5 Å². The molecule has 5 nitrogen and oxygen atoms in total. The normalized spacial score (nSPS) is 10.7. The lowest BCUT2D eigenvalue weighted by Gasteiger charge is -1.99. The van der Waals surface area contributed by atoms with Crippen molar-refractivity contribution in [3.05, 3.63) is 48.2 Å². The molecule has 2 rings (SSSR count). The molecule has 0 aliphatic rings. The van der Waals surface area contributed by atoms with E-state index in [4.69, 9.17) is 9.26 Å². The van der Waals surface area contributed by atoms with Gasteiger partial charge in [0.15, 0.2) is 5.76 Å². The molecule has 0 bridgehead atoms. The van der Waals surface area contributed by atoms with Crippen LogP contribution in [-0.4, -0.2) is 18.2 Å². The molecule has 20 heavy (non-hydrogen) atoms. The number of ether oxygens (including phenoxy) is 1. The van der Waals surface area contributed by atoms with Gasteiger partial charge in [-0.05, 0) is 37.3 Å². The van der Waals surface area contributed by atoms with Gasteiger partial charge < -0.3 is 14.6 Å². The number of hydrogen-bond acceptors (Lipinski definition) is 4. The van der Waals surface area contributed by atoms with Crippen molar-refractivity contribution in [3.63, 3.8) is 0 Å². The molecule has 5 heteroatoms. The van der Waals surface area contributed by atoms with E-state index >= 15 is 0 Å². The molecule has 0 saturated carbocycles. The molecule has 104 valence electrons. The van der Waals surface area contributed by atoms with Crippen molar-refractivity contribution in [2.75, 3.05) is 7.11 Å². The van der Waals surface area contributed by atoms with Crippen molar-refractivity contribution < 1.29 is 14.1 Å². The third-order valence-electron chi connectivity index (χ3n) is 2.70. The Bertz CT molecular complexity index is 600. The van der Waals surface area contributed by atoms with E-state index in [0.29, 0.717) is 18.0 Å². The van der Waals surface area contributed by atoms with Crippen LogP contribution in [0.1, 0.15) is 12.6 Å². The molecule has 0 fully saturated rings. The van der Waals surface area contributed by atoms with Gasteiger partial charge in [0.1, 0.15) is 11.4 Å². The van der Waals surface area contributed by atoms with Crippen LogP contribution in [0.2, 0.25) is 0 Å². The number of amides is 1. The maximum absolute atomic E-state index is 11.3. The molecule has 1 aromatic heterocycles. The molecular formula is C15H16N2O3. The van der Waals surface area contributed by atoms with Crippen LogP contribution < -0.4 is 10.1 Å². The fourth-order valence-electron chi connectivity index (χ4n) is 1.67. The van der Waals surface area contributed by atoms with Crippen molar-refractivity contribution in [1.82, 2.24) is 10.5 Å². The predicted octanol–water partition coefficient (Wildman–Crippen LogP) is 2.54. The molecule has 1 amide bonds. The first-order valence-electron chi connectivity index (χ1n) is 6.23. The summed E-state index contributed by atoms with van der Waals surface area (Å²) in [7, 11) is 1.62. The fraction of sp³-hybridized carbons (Fsp3) is 0.200. The molecule has 0 atom stereocenters. The Balaban J connectivity index is 2.02. The van der Waals surface area contributed by atoms with Crippen molar-refractivity contribution in [1.29, 1.82) is 0 Å². The molecule has 1 N–H and O–H groups in total. The lowest BCUT2D eigenvalue weighted by Crippen LogP contribution is -2.20. The highest BCUT2D eigenvalue weighted by molar-refractivity contribution is 5.87. The van der Waals surface area contributed by atoms with Crippen molar-refractivity contribution in [2.24, 2.45) is 0 Å². The van der Waals surface area contributed by atoms with Gasteiger partial charge in [-0.3, -0.25) is 4.79 Å². The number of nitrogens with zero attached hydrogens (tertiary/aromatic N) is 1. The molecule has 2 aromatic rings. The van der Waals surface area contributed by atoms with Gasteiger partial charge in [-0.25, -0.2) is 0 Å². The van der Waals surface area contributed by atoms with Gasteiger partial charge in [0.05, 0.1) is 13.7 Å². The number of allylic oxidation sites excluding steroid dienone is 1. The van der Waals surface area contributed by atoms with Crippen LogP contribution in [-0.2, 0) is 11.3 Å². The van der Waals surface area contributed by atoms with E-state index in [1.807, 2.05) is 24.3 Å². The highest BCUT2D eigenvalue weighted by Crippen LogP contribution is 2.22. The number of carbonyl (C=O) groups excluding carboxylic acids is 1. The predicted molar refractivity (Wildman–Crippen MR) is 75.2 cm³/mol. The van der Waals surface area contributed by atoms with Crippen LogP contribution in [0, 0.1) is 0 Å². The number of aromatic nitrogens is 1. The molecular weight excluding hydrogens is 256 g/mol. The molecule has 1 aromatic carbocycles. The Labute approximate surface area is 117 Å². The van der Waals surface area contributed by atoms with Gasteiger partial charge in [-0.1, -0.05) is 11.2 Å². The van der Waals surface area contributed by atoms with E-state index in [1.165, 1.54) is 6.08 Å². The Morgan fingerprint density at radius 1 is 1.40 bits per heavy atom. The molecule has 1 heterocycles. The van der Waals surface area contributed by atoms with E-state index in [1.54, 1.807) is 26.2 Å². The Hall–Kier alpha value is -2.56. The summed E-state index contributed by atoms with van der Waals surface area (Å²) in [4.78, 5) is 11.3. The maximum Gasteiger partial charge on any atom is 0.243 e. The topological polar surface area (TPSA) is 64.4 Å². The van der Waals surface area contributed by atoms with Gasteiger partial charge in [-0.2, -0.15) is 0 Å². The quantitative estimate of drug-likeness (QED) is 0.849. The van der Waals surface area contributed by atoms with Crippen molar-refractivity contribution >= 4 is 5.91 Å². The van der Waals surface area contributed by atoms with Crippen LogP contribution in [0.3, 0.4) is 0 Å². The molecule has 0 radical (unpaired) electrons. The average molecular weight is 272 g/mol. The summed E-state index contributed by atoms with van der Waals surface area (Å²) in [6.45, 7) is 2.13. The zero-order valence-corrected chi connectivity index (χ0v) is 11.4. The Morgan fingerprint density at radius 2 is 2.15 bits per heavy atom. The van der Waals surface area contributed by atoms with Crippen molar-refractivity contribution in [3.8, 4) is 17.1 Å². The number of rotatable bonds is 5. The van der Waals surface area contributed by atoms with E-state index in [9.17, 15) is 4.79 Å². The molecule has 0 aliphatic carbocycles. The first-order valence-corrected chi connectivity index (χ1v) is 6.23. The highest BCUT2D eigenvalue weighted by Gasteiger charge is 2.07. The molecule has 0 saturated heterocycles. The summed E-state index contributed by atoms with van der Waals surface area (Å²) in [6.07, 6.45) is 3.14. The first-order chi connectivity index (χ1) is 9.72. The van der Waals surface area contributed by atoms with Crippen LogP contribution >= 0.6 is 0 Å². The standard InChI is InChI=1S/C15H16N2O3/c1-3-4-15(18)16-10-12-9-14(20-17-12)11-5-7-13(19-2)8-6-11/h3-9H,10H2,1-2H3,(H,16,18)/b4-3-. The zero-order valence-electron chi connectivity index (χ0n) is 11.4. The van der Waals surface area contributed by atoms with Crippen LogP contribution in [0.15, 0.2) is 47.0 Å². The maximum atomic E-state index is 11.3. The fourth-order valence-corrected chi connectivity index (χ4v) is 1.67. The highest BCUT2D eigenvalue weighted by atomic mass is 16.5. The second-order valence-corrected chi connectivity index (χ2v) is 4.13. The van der Waals surface area contributed by atoms with E-state index in [-0.39, 0.29) is 5.91 Å². The summed E-state index contributed by atoms with van der Waals surface area (Å²) in [6, 6.07) is 9.29. The Morgan fingerprint density at radius 3 is 2.80 bits per heavy atom. The number of carbonyl (C=O) groups is 1. The number of hydrogen-bond donors (Lipinski definition) is 1. The number of nitrogens with one attached hydrogen (secondary N) is 1. The molecule has 0 aliphatic heterocycles. The molecule has 0 spiro atoms. The molecule has 0 unspecified atom stereocenters. The van der Waals surface area contributed by atoms with Crippen molar-refractivity contribution in [2.45, 2.75) is 13.5 Å². The SMILES string of the molecule is C/C=C\C(=O)NCc1cc(-c2ccc(OC)cc2)on1. The second kappa shape index (κ2) is 6.56. The minimum absolute atomic E-state index is 0.151. The number of benzene rings is 1. The summed E-state index contributed by atoms with van der Waals surface area (Å²) in [5, 5.41) is 6.64. The number of methoxy groups -OCH3 is 1. The van der Waals surface area contributed by atoms with Gasteiger partial charge in [0, 0.05) is 11.6 Å². The third kappa shape index (κ3) is 3.47. The summed E-state index contributed by atoms with van der Waals surface area (Å²) >= 11 is 0. The Kier molecular flexibility index (Phi) is 4.55. The van der Waals surface area contributed by atoms with Crippen LogP contribution in [0.5, 0.6) is 5.75 Å². The van der Waals surface area contributed by atoms with E-state index < -0.39 is 0 Å². The third-order valence-corrected chi connectivity index (χ3v) is 2.70. The second-order valence-electron chi connectivity index (χ2n) is 4.13. The summed E-state index contributed by atoms with van der Waals surface area (Å²) in [5.74, 6) is 1.29. The average Bonchev–Trinajstić information content (AvgIpc) is 2.94. The summed E-state index contributed by atoms with van der Waals surface area (Å²) in [5.41, 5.74) is 1.58. The zero-order chi connectivity index (χ0) is 14.4. The lowest BCUT2D eigenvalue weighted by atomic mass is 10.1.